The summed E-state index contributed by atoms with van der Waals surface area (Å²) in [7, 11) is 0. The van der Waals surface area contributed by atoms with Crippen LogP contribution in [0.5, 0.6) is 0 Å². The molecule has 7 nitrogen and oxygen atoms in total. The van der Waals surface area contributed by atoms with Crippen LogP contribution in [0.15, 0.2) is 24.3 Å². The van der Waals surface area contributed by atoms with Crippen LogP contribution in [0.4, 0.5) is 4.79 Å². The smallest absolute Gasteiger partial charge is 0.408 e. The molecule has 1 rings (SSSR count). The van der Waals surface area contributed by atoms with Gasteiger partial charge in [0.25, 0.3) is 0 Å². The highest BCUT2D eigenvalue weighted by Gasteiger charge is 2.36. The van der Waals surface area contributed by atoms with E-state index in [9.17, 15) is 14.4 Å². The maximum absolute atomic E-state index is 14.0. The first-order chi connectivity index (χ1) is 16.8. The van der Waals surface area contributed by atoms with Crippen molar-refractivity contribution in [3.63, 3.8) is 0 Å². The second kappa shape index (κ2) is 14.5. The second-order valence-corrected chi connectivity index (χ2v) is 10.9. The number of terminal acetylenes is 1. The summed E-state index contributed by atoms with van der Waals surface area (Å²) in [5.41, 5.74) is 0.655. The number of unbranched alkanes of at least 4 members (excludes halogenated alkanes) is 2. The Morgan fingerprint density at radius 1 is 1.03 bits per heavy atom. The summed E-state index contributed by atoms with van der Waals surface area (Å²) in [5.74, 6) is 2.13. The van der Waals surface area contributed by atoms with Gasteiger partial charge in [0.15, 0.2) is 0 Å². The Labute approximate surface area is 217 Å². The standard InChI is InChI=1S/C29H45N3O4/c1-10-12-13-18-32(27(34)24(19-20(3)4)31-28(35)36-29(7,8)9)25(26(33)30-21(5)6)23-16-14-22(11-2)15-17-23/h2,14-17,20-21,24-25H,10,12-13,18-19H2,1,3-9H3,(H,30,33)(H,31,35). The number of benzene rings is 1. The highest BCUT2D eigenvalue weighted by atomic mass is 16.6. The van der Waals surface area contributed by atoms with Gasteiger partial charge in [-0.3, -0.25) is 9.59 Å². The van der Waals surface area contributed by atoms with Crippen molar-refractivity contribution in [1.29, 1.82) is 0 Å². The van der Waals surface area contributed by atoms with Crippen molar-refractivity contribution in [2.24, 2.45) is 5.92 Å². The fourth-order valence-corrected chi connectivity index (χ4v) is 3.84. The minimum atomic E-state index is -0.862. The predicted octanol–water partition coefficient (Wildman–Crippen LogP) is 5.19. The van der Waals surface area contributed by atoms with Crippen LogP contribution < -0.4 is 10.6 Å². The van der Waals surface area contributed by atoms with Gasteiger partial charge in [0.1, 0.15) is 17.7 Å². The molecule has 0 saturated carbocycles. The van der Waals surface area contributed by atoms with Crippen LogP contribution in [-0.2, 0) is 14.3 Å². The first-order valence-corrected chi connectivity index (χ1v) is 13.0. The quantitative estimate of drug-likeness (QED) is 0.306. The van der Waals surface area contributed by atoms with E-state index in [0.29, 0.717) is 24.1 Å². The maximum atomic E-state index is 14.0. The van der Waals surface area contributed by atoms with E-state index < -0.39 is 23.8 Å². The molecule has 0 aromatic heterocycles. The topological polar surface area (TPSA) is 87.7 Å². The van der Waals surface area contributed by atoms with Gasteiger partial charge in [-0.15, -0.1) is 6.42 Å². The molecule has 2 N–H and O–H groups in total. The molecule has 0 saturated heterocycles. The monoisotopic (exact) mass is 499 g/mol. The van der Waals surface area contributed by atoms with Gasteiger partial charge in [0.2, 0.25) is 11.8 Å². The molecule has 0 radical (unpaired) electrons. The molecule has 0 aliphatic heterocycles. The minimum Gasteiger partial charge on any atom is -0.444 e. The van der Waals surface area contributed by atoms with Crippen molar-refractivity contribution < 1.29 is 19.1 Å². The Hall–Kier alpha value is -3.01. The van der Waals surface area contributed by atoms with Crippen molar-refractivity contribution in [2.75, 3.05) is 6.54 Å². The molecule has 0 bridgehead atoms. The van der Waals surface area contributed by atoms with Crippen molar-refractivity contribution >= 4 is 17.9 Å². The second-order valence-electron chi connectivity index (χ2n) is 10.9. The Morgan fingerprint density at radius 2 is 1.64 bits per heavy atom. The molecule has 0 heterocycles. The van der Waals surface area contributed by atoms with E-state index in [2.05, 4.69) is 23.5 Å². The molecular formula is C29H45N3O4. The highest BCUT2D eigenvalue weighted by Crippen LogP contribution is 2.25. The summed E-state index contributed by atoms with van der Waals surface area (Å²) >= 11 is 0. The van der Waals surface area contributed by atoms with E-state index in [0.717, 1.165) is 19.3 Å². The largest absolute Gasteiger partial charge is 0.444 e. The Morgan fingerprint density at radius 3 is 2.11 bits per heavy atom. The van der Waals surface area contributed by atoms with Gasteiger partial charge in [0, 0.05) is 18.2 Å². The minimum absolute atomic E-state index is 0.107. The zero-order valence-corrected chi connectivity index (χ0v) is 23.3. The molecule has 1 aromatic carbocycles. The lowest BCUT2D eigenvalue weighted by Gasteiger charge is -2.35. The molecule has 2 unspecified atom stereocenters. The van der Waals surface area contributed by atoms with E-state index in [1.54, 1.807) is 49.9 Å². The molecule has 1 aromatic rings. The van der Waals surface area contributed by atoms with Crippen molar-refractivity contribution in [3.05, 3.63) is 35.4 Å². The molecule has 7 heteroatoms. The van der Waals surface area contributed by atoms with Crippen LogP contribution in [0, 0.1) is 18.3 Å². The van der Waals surface area contributed by atoms with E-state index >= 15 is 0 Å². The molecule has 2 atom stereocenters. The summed E-state index contributed by atoms with van der Waals surface area (Å²) in [6.45, 7) is 15.5. The molecule has 0 aliphatic carbocycles. The number of carbonyl (C=O) groups is 3. The number of amides is 3. The summed E-state index contributed by atoms with van der Waals surface area (Å²) in [6.07, 6.45) is 7.89. The predicted molar refractivity (Wildman–Crippen MR) is 144 cm³/mol. The van der Waals surface area contributed by atoms with Gasteiger partial charge in [-0.05, 0) is 71.1 Å². The van der Waals surface area contributed by atoms with Gasteiger partial charge in [-0.1, -0.05) is 51.7 Å². The Balaban J connectivity index is 3.49. The number of nitrogens with one attached hydrogen (secondary N) is 2. The lowest BCUT2D eigenvalue weighted by molar-refractivity contribution is -0.143. The third-order valence-electron chi connectivity index (χ3n) is 5.37. The summed E-state index contributed by atoms with van der Waals surface area (Å²) in [5, 5.41) is 5.73. The first-order valence-electron chi connectivity index (χ1n) is 13.0. The molecule has 0 aliphatic rings. The fourth-order valence-electron chi connectivity index (χ4n) is 3.84. The van der Waals surface area contributed by atoms with Gasteiger partial charge in [-0.25, -0.2) is 4.79 Å². The average Bonchev–Trinajstić information content (AvgIpc) is 2.75. The lowest BCUT2D eigenvalue weighted by Crippen LogP contribution is -2.54. The molecule has 36 heavy (non-hydrogen) atoms. The normalized spacial score (nSPS) is 13.0. The van der Waals surface area contributed by atoms with E-state index in [1.165, 1.54) is 0 Å². The van der Waals surface area contributed by atoms with E-state index in [-0.39, 0.29) is 23.8 Å². The van der Waals surface area contributed by atoms with E-state index in [4.69, 9.17) is 11.2 Å². The maximum Gasteiger partial charge on any atom is 0.408 e. The van der Waals surface area contributed by atoms with Crippen LogP contribution in [0.2, 0.25) is 0 Å². The van der Waals surface area contributed by atoms with Gasteiger partial charge < -0.3 is 20.3 Å². The summed E-state index contributed by atoms with van der Waals surface area (Å²) < 4.78 is 5.43. The van der Waals surface area contributed by atoms with Crippen molar-refractivity contribution in [2.45, 2.75) is 105 Å². The number of alkyl carbamates (subject to hydrolysis) is 1. The Kier molecular flexibility index (Phi) is 12.5. The van der Waals surface area contributed by atoms with Gasteiger partial charge in [0.05, 0.1) is 0 Å². The summed E-state index contributed by atoms with van der Waals surface area (Å²) in [4.78, 5) is 41.8. The van der Waals surface area contributed by atoms with Crippen LogP contribution in [-0.4, -0.2) is 47.0 Å². The molecule has 0 fully saturated rings. The number of hydrogen-bond donors (Lipinski definition) is 2. The lowest BCUT2D eigenvalue weighted by atomic mass is 9.98. The van der Waals surface area contributed by atoms with Crippen LogP contribution >= 0.6 is 0 Å². The van der Waals surface area contributed by atoms with Crippen LogP contribution in [0.25, 0.3) is 0 Å². The molecule has 3 amide bonds. The number of rotatable bonds is 12. The van der Waals surface area contributed by atoms with E-state index in [1.807, 2.05) is 27.7 Å². The Bertz CT molecular complexity index is 895. The molecule has 200 valence electrons. The number of carbonyl (C=O) groups excluding carboxylic acids is 3. The van der Waals surface area contributed by atoms with Gasteiger partial charge in [-0.2, -0.15) is 0 Å². The van der Waals surface area contributed by atoms with Crippen molar-refractivity contribution in [1.82, 2.24) is 15.5 Å². The van der Waals surface area contributed by atoms with Gasteiger partial charge >= 0.3 is 6.09 Å². The third-order valence-corrected chi connectivity index (χ3v) is 5.37. The fraction of sp³-hybridized carbons (Fsp3) is 0.621. The first kappa shape index (κ1) is 31.0. The SMILES string of the molecule is C#Cc1ccc(C(C(=O)NC(C)C)N(CCCCC)C(=O)C(CC(C)C)NC(=O)OC(C)(C)C)cc1. The highest BCUT2D eigenvalue weighted by molar-refractivity contribution is 5.92. The third kappa shape index (κ3) is 10.7. The number of hydrogen-bond acceptors (Lipinski definition) is 4. The van der Waals surface area contributed by atoms with Crippen LogP contribution in [0.1, 0.15) is 98.2 Å². The average molecular weight is 500 g/mol. The zero-order chi connectivity index (χ0) is 27.5. The van der Waals surface area contributed by atoms with Crippen LogP contribution in [0.3, 0.4) is 0 Å². The summed E-state index contributed by atoms with van der Waals surface area (Å²) in [6, 6.07) is 5.31. The van der Waals surface area contributed by atoms with Crippen molar-refractivity contribution in [3.8, 4) is 12.3 Å². The zero-order valence-electron chi connectivity index (χ0n) is 23.3. The molecular weight excluding hydrogens is 454 g/mol. The molecule has 0 spiro atoms. The number of ether oxygens (including phenoxy) is 1. The number of nitrogens with zero attached hydrogens (tertiary/aromatic N) is 1.